The van der Waals surface area contributed by atoms with E-state index in [1.165, 1.54) is 24.3 Å². The zero-order valence-corrected chi connectivity index (χ0v) is 17.2. The van der Waals surface area contributed by atoms with Gasteiger partial charge in [0.2, 0.25) is 0 Å². The zero-order chi connectivity index (χ0) is 22.4. The topological polar surface area (TPSA) is 154 Å². The van der Waals surface area contributed by atoms with E-state index in [1.807, 2.05) is 0 Å². The molecule has 0 bridgehead atoms. The second kappa shape index (κ2) is 7.39. The van der Waals surface area contributed by atoms with Gasteiger partial charge in [0.1, 0.15) is 26.9 Å². The molecule has 3 N–H and O–H groups in total. The first-order valence-electron chi connectivity index (χ1n) is 8.70. The molecular formula is C20H14N2O7S2. The molecule has 0 saturated carbocycles. The molecule has 0 atom stereocenters. The van der Waals surface area contributed by atoms with E-state index in [0.717, 1.165) is 17.5 Å². The number of azo groups is 1. The van der Waals surface area contributed by atoms with Gasteiger partial charge in [-0.05, 0) is 35.0 Å². The number of fused-ring (bicyclic) bond motifs is 2. The highest BCUT2D eigenvalue weighted by molar-refractivity contribution is 7.86. The van der Waals surface area contributed by atoms with Crippen molar-refractivity contribution in [2.24, 2.45) is 10.2 Å². The fourth-order valence-corrected chi connectivity index (χ4v) is 4.56. The van der Waals surface area contributed by atoms with Crippen molar-refractivity contribution in [1.82, 2.24) is 0 Å². The Morgan fingerprint density at radius 3 is 2.03 bits per heavy atom. The molecule has 0 unspecified atom stereocenters. The minimum absolute atomic E-state index is 0.0890. The molecule has 0 amide bonds. The van der Waals surface area contributed by atoms with Gasteiger partial charge in [-0.2, -0.15) is 16.8 Å². The van der Waals surface area contributed by atoms with Crippen molar-refractivity contribution in [2.75, 3.05) is 0 Å². The third-order valence-electron chi connectivity index (χ3n) is 4.61. The van der Waals surface area contributed by atoms with Crippen LogP contribution in [0.25, 0.3) is 21.5 Å². The van der Waals surface area contributed by atoms with Gasteiger partial charge in [0, 0.05) is 10.8 Å². The molecular weight excluding hydrogens is 444 g/mol. The molecule has 4 aromatic carbocycles. The van der Waals surface area contributed by atoms with E-state index < -0.39 is 30.0 Å². The molecule has 158 valence electrons. The lowest BCUT2D eigenvalue weighted by atomic mass is 10.1. The lowest BCUT2D eigenvalue weighted by Gasteiger charge is -2.08. The van der Waals surface area contributed by atoms with Crippen LogP contribution < -0.4 is 0 Å². The van der Waals surface area contributed by atoms with Crippen LogP contribution in [-0.2, 0) is 20.2 Å². The van der Waals surface area contributed by atoms with Crippen molar-refractivity contribution in [1.29, 1.82) is 0 Å². The Labute approximate surface area is 176 Å². The summed E-state index contributed by atoms with van der Waals surface area (Å²) in [5.41, 5.74) is -0.194. The lowest BCUT2D eigenvalue weighted by Crippen LogP contribution is -2.02. The first-order chi connectivity index (χ1) is 14.6. The molecule has 0 aliphatic heterocycles. The van der Waals surface area contributed by atoms with Crippen LogP contribution in [-0.4, -0.2) is 31.0 Å². The quantitative estimate of drug-likeness (QED) is 0.298. The average molecular weight is 458 g/mol. The van der Waals surface area contributed by atoms with Gasteiger partial charge in [-0.3, -0.25) is 9.11 Å². The van der Waals surface area contributed by atoms with Crippen LogP contribution in [0.4, 0.5) is 11.4 Å². The zero-order valence-electron chi connectivity index (χ0n) is 15.5. The van der Waals surface area contributed by atoms with Crippen molar-refractivity contribution < 1.29 is 31.0 Å². The van der Waals surface area contributed by atoms with E-state index >= 15 is 0 Å². The van der Waals surface area contributed by atoms with Gasteiger partial charge in [-0.1, -0.05) is 42.5 Å². The largest absolute Gasteiger partial charge is 0.506 e. The minimum Gasteiger partial charge on any atom is -0.506 e. The fourth-order valence-electron chi connectivity index (χ4n) is 3.23. The molecule has 4 aromatic rings. The third kappa shape index (κ3) is 3.99. The standard InChI is InChI=1S/C20H14N2O7S2/c23-17-9-8-12-4-1-2-6-14(12)20(17)22-21-16-10-13-5-3-7-18(30(24,25)26)15(13)11-19(16)31(27,28)29/h1-11,23H,(H,24,25,26)(H,27,28,29). The van der Waals surface area contributed by atoms with E-state index in [4.69, 9.17) is 0 Å². The van der Waals surface area contributed by atoms with Gasteiger partial charge in [0.25, 0.3) is 20.2 Å². The van der Waals surface area contributed by atoms with E-state index in [9.17, 15) is 31.0 Å². The number of hydrogen-bond donors (Lipinski definition) is 3. The van der Waals surface area contributed by atoms with Crippen LogP contribution in [0.1, 0.15) is 0 Å². The fraction of sp³-hybridized carbons (Fsp3) is 0. The van der Waals surface area contributed by atoms with Crippen molar-refractivity contribution in [2.45, 2.75) is 9.79 Å². The van der Waals surface area contributed by atoms with Gasteiger partial charge < -0.3 is 5.11 Å². The molecule has 0 heterocycles. The third-order valence-corrected chi connectivity index (χ3v) is 6.41. The van der Waals surface area contributed by atoms with Crippen LogP contribution in [0.2, 0.25) is 0 Å². The Morgan fingerprint density at radius 1 is 0.645 bits per heavy atom. The summed E-state index contributed by atoms with van der Waals surface area (Å²) in [6.07, 6.45) is 0. The second-order valence-electron chi connectivity index (χ2n) is 6.60. The van der Waals surface area contributed by atoms with E-state index in [0.29, 0.717) is 5.39 Å². The number of hydrogen-bond acceptors (Lipinski definition) is 7. The normalized spacial score (nSPS) is 12.7. The Kier molecular flexibility index (Phi) is 4.98. The number of benzene rings is 4. The molecule has 0 spiro atoms. The molecule has 0 radical (unpaired) electrons. The maximum absolute atomic E-state index is 11.9. The molecule has 4 rings (SSSR count). The molecule has 9 nitrogen and oxygen atoms in total. The first kappa shape index (κ1) is 20.9. The van der Waals surface area contributed by atoms with Crippen LogP contribution >= 0.6 is 0 Å². The van der Waals surface area contributed by atoms with Crippen LogP contribution in [0.3, 0.4) is 0 Å². The summed E-state index contributed by atoms with van der Waals surface area (Å²) in [5.74, 6) is -0.190. The summed E-state index contributed by atoms with van der Waals surface area (Å²) in [4.78, 5) is -1.23. The Hall–Kier alpha value is -3.38. The van der Waals surface area contributed by atoms with Crippen LogP contribution in [0, 0.1) is 0 Å². The Bertz CT molecular complexity index is 1600. The summed E-state index contributed by atoms with van der Waals surface area (Å²) in [6.45, 7) is 0. The lowest BCUT2D eigenvalue weighted by molar-refractivity contribution is 0.477. The van der Waals surface area contributed by atoms with E-state index in [-0.39, 0.29) is 27.9 Å². The monoisotopic (exact) mass is 458 g/mol. The highest BCUT2D eigenvalue weighted by Gasteiger charge is 2.21. The van der Waals surface area contributed by atoms with Crippen molar-refractivity contribution >= 4 is 53.2 Å². The summed E-state index contributed by atoms with van der Waals surface area (Å²) in [7, 11) is -9.49. The number of phenols is 1. The number of rotatable bonds is 4. The minimum atomic E-state index is -4.84. The van der Waals surface area contributed by atoms with E-state index in [1.54, 1.807) is 30.3 Å². The van der Waals surface area contributed by atoms with Crippen LogP contribution in [0.5, 0.6) is 5.75 Å². The molecule has 0 saturated heterocycles. The first-order valence-corrected chi connectivity index (χ1v) is 11.6. The van der Waals surface area contributed by atoms with Crippen molar-refractivity contribution in [3.63, 3.8) is 0 Å². The molecule has 11 heteroatoms. The van der Waals surface area contributed by atoms with Crippen molar-refractivity contribution in [3.05, 3.63) is 66.7 Å². The number of aromatic hydroxyl groups is 1. The number of phenolic OH excluding ortho intramolecular Hbond substituents is 1. The van der Waals surface area contributed by atoms with Crippen molar-refractivity contribution in [3.8, 4) is 5.75 Å². The second-order valence-corrected chi connectivity index (χ2v) is 9.38. The number of nitrogens with zero attached hydrogens (tertiary/aromatic N) is 2. The SMILES string of the molecule is O=S(=O)(O)c1cc2c(S(=O)(=O)O)cccc2cc1N=Nc1c(O)ccc2ccccc12. The molecule has 0 aromatic heterocycles. The highest BCUT2D eigenvalue weighted by Crippen LogP contribution is 2.38. The summed E-state index contributed by atoms with van der Waals surface area (Å²) >= 11 is 0. The van der Waals surface area contributed by atoms with Gasteiger partial charge in [0.05, 0.1) is 0 Å². The molecule has 0 aliphatic carbocycles. The summed E-state index contributed by atoms with van der Waals surface area (Å²) in [6, 6.07) is 16.2. The maximum atomic E-state index is 11.9. The Morgan fingerprint density at radius 2 is 1.32 bits per heavy atom. The van der Waals surface area contributed by atoms with Gasteiger partial charge in [-0.15, -0.1) is 10.2 Å². The van der Waals surface area contributed by atoms with Gasteiger partial charge in [-0.25, -0.2) is 0 Å². The maximum Gasteiger partial charge on any atom is 0.296 e. The smallest absolute Gasteiger partial charge is 0.296 e. The molecule has 0 fully saturated rings. The average Bonchev–Trinajstić information content (AvgIpc) is 2.70. The molecule has 0 aliphatic rings. The highest BCUT2D eigenvalue weighted by atomic mass is 32.2. The summed E-state index contributed by atoms with van der Waals surface area (Å²) < 4.78 is 66.2. The van der Waals surface area contributed by atoms with Gasteiger partial charge in [0.15, 0.2) is 0 Å². The molecule has 31 heavy (non-hydrogen) atoms. The predicted octanol–water partition coefficient (Wildman–Crippen LogP) is 4.61. The predicted molar refractivity (Wildman–Crippen MR) is 113 cm³/mol. The van der Waals surface area contributed by atoms with E-state index in [2.05, 4.69) is 10.2 Å². The Balaban J connectivity index is 1.98. The summed E-state index contributed by atoms with van der Waals surface area (Å²) in [5, 5.41) is 19.5. The van der Waals surface area contributed by atoms with Gasteiger partial charge >= 0.3 is 0 Å². The van der Waals surface area contributed by atoms with Crippen LogP contribution in [0.15, 0.2) is 86.7 Å².